The smallest absolute Gasteiger partial charge is 0.251 e. The first-order chi connectivity index (χ1) is 13.5. The highest BCUT2D eigenvalue weighted by molar-refractivity contribution is 5.99. The fourth-order valence-corrected chi connectivity index (χ4v) is 3.16. The minimum Gasteiger partial charge on any atom is -0.490 e. The van der Waals surface area contributed by atoms with E-state index in [-0.39, 0.29) is 24.3 Å². The molecule has 1 heterocycles. The number of amides is 2. The Hall–Kier alpha value is -3.09. The van der Waals surface area contributed by atoms with Crippen LogP contribution in [0.4, 0.5) is 10.1 Å². The van der Waals surface area contributed by atoms with Crippen LogP contribution in [0.3, 0.4) is 0 Å². The minimum atomic E-state index is -0.407. The van der Waals surface area contributed by atoms with Crippen LogP contribution < -0.4 is 19.7 Å². The summed E-state index contributed by atoms with van der Waals surface area (Å²) in [7, 11) is 0. The largest absolute Gasteiger partial charge is 0.490 e. The Labute approximate surface area is 163 Å². The summed E-state index contributed by atoms with van der Waals surface area (Å²) in [5.41, 5.74) is 0.907. The second kappa shape index (κ2) is 8.73. The lowest BCUT2D eigenvalue weighted by molar-refractivity contribution is -0.117. The second-order valence-corrected chi connectivity index (χ2v) is 6.39. The van der Waals surface area contributed by atoms with Crippen molar-refractivity contribution in [2.24, 2.45) is 0 Å². The molecule has 0 bridgehead atoms. The topological polar surface area (TPSA) is 67.9 Å². The van der Waals surface area contributed by atoms with E-state index in [2.05, 4.69) is 5.32 Å². The number of anilines is 1. The first-order valence-corrected chi connectivity index (χ1v) is 9.28. The van der Waals surface area contributed by atoms with Crippen LogP contribution in [0.5, 0.6) is 11.5 Å². The highest BCUT2D eigenvalue weighted by atomic mass is 19.1. The average molecular weight is 386 g/mol. The predicted octanol–water partition coefficient (Wildman–Crippen LogP) is 3.16. The summed E-state index contributed by atoms with van der Waals surface area (Å²) in [5.74, 6) is 0.214. The normalized spacial score (nSPS) is 16.2. The molecule has 1 N–H and O–H groups in total. The Balaban J connectivity index is 1.69. The van der Waals surface area contributed by atoms with E-state index < -0.39 is 5.82 Å². The lowest BCUT2D eigenvalue weighted by atomic mass is 10.1. The van der Waals surface area contributed by atoms with Gasteiger partial charge in [-0.15, -0.1) is 0 Å². The molecule has 0 aromatic heterocycles. The molecule has 3 rings (SSSR count). The van der Waals surface area contributed by atoms with E-state index in [0.29, 0.717) is 42.5 Å². The average Bonchev–Trinajstić information content (AvgIpc) is 3.03. The number of benzene rings is 2. The van der Waals surface area contributed by atoms with Crippen LogP contribution in [0.2, 0.25) is 0 Å². The van der Waals surface area contributed by atoms with Crippen molar-refractivity contribution in [2.45, 2.75) is 26.3 Å². The summed E-state index contributed by atoms with van der Waals surface area (Å²) >= 11 is 0. The number of nitrogens with zero attached hydrogens (tertiary/aromatic N) is 1. The lowest BCUT2D eigenvalue weighted by Gasteiger charge is -2.17. The molecular formula is C21H23FN2O4. The molecular weight excluding hydrogens is 363 g/mol. The fraction of sp³-hybridized carbons (Fsp3) is 0.333. The van der Waals surface area contributed by atoms with Crippen LogP contribution in [0, 0.1) is 5.82 Å². The molecule has 0 aliphatic carbocycles. The van der Waals surface area contributed by atoms with Crippen LogP contribution in [0.25, 0.3) is 0 Å². The second-order valence-electron chi connectivity index (χ2n) is 6.39. The van der Waals surface area contributed by atoms with Crippen molar-refractivity contribution >= 4 is 17.5 Å². The van der Waals surface area contributed by atoms with Crippen LogP contribution >= 0.6 is 0 Å². The Morgan fingerprint density at radius 1 is 1.14 bits per heavy atom. The molecule has 0 unspecified atom stereocenters. The third-order valence-corrected chi connectivity index (χ3v) is 4.39. The fourth-order valence-electron chi connectivity index (χ4n) is 3.16. The van der Waals surface area contributed by atoms with E-state index in [1.807, 2.05) is 13.8 Å². The summed E-state index contributed by atoms with van der Waals surface area (Å²) in [6, 6.07) is 10.5. The molecule has 0 saturated carbocycles. The third kappa shape index (κ3) is 4.42. The molecule has 1 aliphatic rings. The van der Waals surface area contributed by atoms with Gasteiger partial charge in [0.2, 0.25) is 5.91 Å². The zero-order valence-electron chi connectivity index (χ0n) is 15.9. The highest BCUT2D eigenvalue weighted by Crippen LogP contribution is 2.29. The van der Waals surface area contributed by atoms with Crippen LogP contribution in [0.15, 0.2) is 42.5 Å². The van der Waals surface area contributed by atoms with Gasteiger partial charge in [-0.05, 0) is 50.2 Å². The Bertz CT molecular complexity index is 871. The van der Waals surface area contributed by atoms with Crippen LogP contribution in [0.1, 0.15) is 30.6 Å². The Morgan fingerprint density at radius 2 is 1.89 bits per heavy atom. The van der Waals surface area contributed by atoms with Gasteiger partial charge in [-0.2, -0.15) is 0 Å². The Morgan fingerprint density at radius 3 is 2.61 bits per heavy atom. The van der Waals surface area contributed by atoms with Gasteiger partial charge in [-0.3, -0.25) is 9.59 Å². The maximum absolute atomic E-state index is 13.4. The molecule has 1 fully saturated rings. The molecule has 0 radical (unpaired) electrons. The number of nitrogens with one attached hydrogen (secondary N) is 1. The SMILES string of the molecule is CCOc1ccc(C(=O)N[C@@H]2CC(=O)N(c3cccc(F)c3)C2)cc1OCC. The number of carbonyl (C=O) groups excluding carboxylic acids is 2. The molecule has 28 heavy (non-hydrogen) atoms. The summed E-state index contributed by atoms with van der Waals surface area (Å²) in [6.45, 7) is 4.96. The van der Waals surface area contributed by atoms with Gasteiger partial charge in [0.25, 0.3) is 5.91 Å². The molecule has 2 aromatic carbocycles. The van der Waals surface area contributed by atoms with Gasteiger partial charge in [0.05, 0.1) is 19.3 Å². The molecule has 1 saturated heterocycles. The van der Waals surface area contributed by atoms with Gasteiger partial charge >= 0.3 is 0 Å². The molecule has 7 heteroatoms. The number of hydrogen-bond donors (Lipinski definition) is 1. The summed E-state index contributed by atoms with van der Waals surface area (Å²) in [4.78, 5) is 26.4. The number of rotatable bonds is 7. The maximum Gasteiger partial charge on any atom is 0.251 e. The quantitative estimate of drug-likeness (QED) is 0.794. The Kier molecular flexibility index (Phi) is 6.13. The third-order valence-electron chi connectivity index (χ3n) is 4.39. The summed E-state index contributed by atoms with van der Waals surface area (Å²) < 4.78 is 24.5. The van der Waals surface area contributed by atoms with E-state index in [1.165, 1.54) is 17.0 Å². The lowest BCUT2D eigenvalue weighted by Crippen LogP contribution is -2.37. The van der Waals surface area contributed by atoms with Crippen molar-refractivity contribution < 1.29 is 23.5 Å². The number of ether oxygens (including phenoxy) is 2. The van der Waals surface area contributed by atoms with Crippen molar-refractivity contribution in [3.8, 4) is 11.5 Å². The van der Waals surface area contributed by atoms with Crippen molar-refractivity contribution in [1.82, 2.24) is 5.32 Å². The van der Waals surface area contributed by atoms with Gasteiger partial charge in [0, 0.05) is 24.2 Å². The van der Waals surface area contributed by atoms with Crippen molar-refractivity contribution in [1.29, 1.82) is 0 Å². The van der Waals surface area contributed by atoms with Gasteiger partial charge in [-0.25, -0.2) is 4.39 Å². The first kappa shape index (κ1) is 19.7. The van der Waals surface area contributed by atoms with E-state index in [1.54, 1.807) is 30.3 Å². The number of hydrogen-bond acceptors (Lipinski definition) is 4. The molecule has 148 valence electrons. The van der Waals surface area contributed by atoms with Crippen molar-refractivity contribution in [3.63, 3.8) is 0 Å². The monoisotopic (exact) mass is 386 g/mol. The number of halogens is 1. The first-order valence-electron chi connectivity index (χ1n) is 9.28. The zero-order chi connectivity index (χ0) is 20.1. The summed E-state index contributed by atoms with van der Waals surface area (Å²) in [5, 5.41) is 2.87. The summed E-state index contributed by atoms with van der Waals surface area (Å²) in [6.07, 6.45) is 0.164. The minimum absolute atomic E-state index is 0.155. The number of carbonyl (C=O) groups is 2. The predicted molar refractivity (Wildman–Crippen MR) is 103 cm³/mol. The van der Waals surface area contributed by atoms with Crippen molar-refractivity contribution in [2.75, 3.05) is 24.7 Å². The van der Waals surface area contributed by atoms with Gasteiger partial charge < -0.3 is 19.7 Å². The van der Waals surface area contributed by atoms with Gasteiger partial charge in [-0.1, -0.05) is 6.07 Å². The van der Waals surface area contributed by atoms with E-state index in [0.717, 1.165) is 0 Å². The van der Waals surface area contributed by atoms with Crippen LogP contribution in [-0.4, -0.2) is 37.6 Å². The molecule has 1 aliphatic heterocycles. The molecule has 2 amide bonds. The zero-order valence-corrected chi connectivity index (χ0v) is 15.9. The molecule has 1 atom stereocenters. The molecule has 6 nitrogen and oxygen atoms in total. The van der Waals surface area contributed by atoms with Gasteiger partial charge in [0.15, 0.2) is 11.5 Å². The highest BCUT2D eigenvalue weighted by Gasteiger charge is 2.32. The van der Waals surface area contributed by atoms with Crippen molar-refractivity contribution in [3.05, 3.63) is 53.8 Å². The van der Waals surface area contributed by atoms with E-state index >= 15 is 0 Å². The van der Waals surface area contributed by atoms with Crippen LogP contribution in [-0.2, 0) is 4.79 Å². The molecule has 0 spiro atoms. The van der Waals surface area contributed by atoms with E-state index in [9.17, 15) is 14.0 Å². The standard InChI is InChI=1S/C21H23FN2O4/c1-3-27-18-9-8-14(10-19(18)28-4-2)21(26)23-16-12-20(25)24(13-16)17-7-5-6-15(22)11-17/h5-11,16H,3-4,12-13H2,1-2H3,(H,23,26)/t16-/m1/s1. The van der Waals surface area contributed by atoms with E-state index in [4.69, 9.17) is 9.47 Å². The van der Waals surface area contributed by atoms with Gasteiger partial charge in [0.1, 0.15) is 5.82 Å². The molecule has 2 aromatic rings. The maximum atomic E-state index is 13.4.